The Hall–Kier alpha value is -4.33. The molecule has 37 heavy (non-hydrogen) atoms. The second-order valence-electron chi connectivity index (χ2n) is 8.55. The molecular formula is C29H30N2O6. The van der Waals surface area contributed by atoms with Gasteiger partial charge in [-0.15, -0.1) is 0 Å². The Morgan fingerprint density at radius 3 is 2.05 bits per heavy atom. The number of amides is 2. The van der Waals surface area contributed by atoms with E-state index in [0.717, 1.165) is 27.8 Å². The number of hydrogen-bond donors (Lipinski definition) is 2. The lowest BCUT2D eigenvalue weighted by Gasteiger charge is -2.19. The van der Waals surface area contributed by atoms with Crippen LogP contribution in [0.25, 0.3) is 11.1 Å². The number of alkyl carbamates (subject to hydrolysis) is 2. The number of nitrogens with one attached hydrogen (secondary N) is 2. The number of rotatable bonds is 10. The maximum Gasteiger partial charge on any atom is 0.407 e. The summed E-state index contributed by atoms with van der Waals surface area (Å²) in [7, 11) is 0. The average molecular weight is 503 g/mol. The lowest BCUT2D eigenvalue weighted by molar-refractivity contribution is -0.145. The highest BCUT2D eigenvalue weighted by Crippen LogP contribution is 2.44. The van der Waals surface area contributed by atoms with Crippen molar-refractivity contribution in [3.05, 3.63) is 95.6 Å². The summed E-state index contributed by atoms with van der Waals surface area (Å²) in [5, 5.41) is 5.17. The Labute approximate surface area is 215 Å². The molecule has 192 valence electrons. The van der Waals surface area contributed by atoms with Gasteiger partial charge in [0.05, 0.1) is 6.61 Å². The van der Waals surface area contributed by atoms with Crippen LogP contribution in [0.15, 0.2) is 78.9 Å². The molecule has 0 aliphatic heterocycles. The monoisotopic (exact) mass is 502 g/mol. The lowest BCUT2D eigenvalue weighted by Crippen LogP contribution is -2.44. The van der Waals surface area contributed by atoms with E-state index in [2.05, 4.69) is 22.8 Å². The number of carbonyl (C=O) groups is 3. The zero-order chi connectivity index (χ0) is 26.0. The molecule has 0 heterocycles. The van der Waals surface area contributed by atoms with E-state index in [1.54, 1.807) is 6.92 Å². The van der Waals surface area contributed by atoms with Gasteiger partial charge in [-0.05, 0) is 41.2 Å². The molecule has 4 rings (SSSR count). The zero-order valence-electron chi connectivity index (χ0n) is 20.6. The minimum atomic E-state index is -0.981. The molecule has 0 saturated carbocycles. The molecule has 8 nitrogen and oxygen atoms in total. The molecule has 2 amide bonds. The van der Waals surface area contributed by atoms with Crippen molar-refractivity contribution in [2.45, 2.75) is 31.9 Å². The van der Waals surface area contributed by atoms with E-state index < -0.39 is 24.2 Å². The Morgan fingerprint density at radius 1 is 0.784 bits per heavy atom. The van der Waals surface area contributed by atoms with Crippen molar-refractivity contribution in [3.63, 3.8) is 0 Å². The van der Waals surface area contributed by atoms with E-state index in [0.29, 0.717) is 0 Å². The molecule has 1 atom stereocenters. The number of ether oxygens (including phenoxy) is 3. The molecule has 8 heteroatoms. The van der Waals surface area contributed by atoms with E-state index >= 15 is 0 Å². The van der Waals surface area contributed by atoms with Crippen molar-refractivity contribution < 1.29 is 28.6 Å². The van der Waals surface area contributed by atoms with E-state index in [-0.39, 0.29) is 38.7 Å². The van der Waals surface area contributed by atoms with Crippen LogP contribution < -0.4 is 10.6 Å². The van der Waals surface area contributed by atoms with Crippen LogP contribution >= 0.6 is 0 Å². The number of fused-ring (bicyclic) bond motifs is 3. The Morgan fingerprint density at radius 2 is 1.41 bits per heavy atom. The third kappa shape index (κ3) is 6.67. The van der Waals surface area contributed by atoms with Crippen LogP contribution in [-0.2, 0) is 25.6 Å². The molecule has 3 aromatic carbocycles. The van der Waals surface area contributed by atoms with Gasteiger partial charge in [-0.1, -0.05) is 78.9 Å². The highest BCUT2D eigenvalue weighted by molar-refractivity contribution is 5.82. The molecule has 2 N–H and O–H groups in total. The van der Waals surface area contributed by atoms with Crippen LogP contribution in [-0.4, -0.2) is 44.0 Å². The maximum atomic E-state index is 12.6. The number of carbonyl (C=O) groups excluding carboxylic acids is 3. The molecule has 0 radical (unpaired) electrons. The fraction of sp³-hybridized carbons (Fsp3) is 0.276. The summed E-state index contributed by atoms with van der Waals surface area (Å²) in [6.45, 7) is 2.20. The van der Waals surface area contributed by atoms with Crippen LogP contribution in [0.4, 0.5) is 9.59 Å². The molecule has 0 unspecified atom stereocenters. The van der Waals surface area contributed by atoms with Crippen LogP contribution in [0.3, 0.4) is 0 Å². The molecule has 0 aromatic heterocycles. The Balaban J connectivity index is 1.29. The molecule has 1 aliphatic carbocycles. The summed E-state index contributed by atoms with van der Waals surface area (Å²) in [5.41, 5.74) is 5.30. The summed E-state index contributed by atoms with van der Waals surface area (Å²) in [6.07, 6.45) is -1.23. The predicted octanol–water partition coefficient (Wildman–Crippen LogP) is 4.77. The topological polar surface area (TPSA) is 103 Å². The second kappa shape index (κ2) is 12.6. The number of benzene rings is 3. The second-order valence-corrected chi connectivity index (χ2v) is 8.55. The van der Waals surface area contributed by atoms with Crippen molar-refractivity contribution in [1.82, 2.24) is 10.6 Å². The van der Waals surface area contributed by atoms with Gasteiger partial charge in [0.1, 0.15) is 19.3 Å². The molecular weight excluding hydrogens is 472 g/mol. The van der Waals surface area contributed by atoms with Gasteiger partial charge in [0, 0.05) is 12.5 Å². The van der Waals surface area contributed by atoms with E-state index in [4.69, 9.17) is 14.2 Å². The fourth-order valence-corrected chi connectivity index (χ4v) is 4.37. The summed E-state index contributed by atoms with van der Waals surface area (Å²) in [5.74, 6) is -0.698. The van der Waals surface area contributed by atoms with Crippen molar-refractivity contribution in [1.29, 1.82) is 0 Å². The minimum Gasteiger partial charge on any atom is -0.464 e. The van der Waals surface area contributed by atoms with Gasteiger partial charge in [0.2, 0.25) is 0 Å². The highest BCUT2D eigenvalue weighted by Gasteiger charge is 2.30. The van der Waals surface area contributed by atoms with Gasteiger partial charge in [-0.25, -0.2) is 14.4 Å². The SMILES string of the molecule is CCOC(=O)[C@H](CCNC(=O)OCc1ccccc1)NC(=O)OCC1c2ccccc2-c2ccccc21. The van der Waals surface area contributed by atoms with Crippen LogP contribution in [0.5, 0.6) is 0 Å². The summed E-state index contributed by atoms with van der Waals surface area (Å²) in [4.78, 5) is 37.1. The fourth-order valence-electron chi connectivity index (χ4n) is 4.37. The van der Waals surface area contributed by atoms with Gasteiger partial charge >= 0.3 is 18.2 Å². The van der Waals surface area contributed by atoms with Crippen molar-refractivity contribution >= 4 is 18.2 Å². The highest BCUT2D eigenvalue weighted by atomic mass is 16.6. The molecule has 0 bridgehead atoms. The van der Waals surface area contributed by atoms with Crippen LogP contribution in [0.1, 0.15) is 36.0 Å². The Kier molecular flexibility index (Phi) is 8.75. The lowest BCUT2D eigenvalue weighted by atomic mass is 9.98. The average Bonchev–Trinajstić information content (AvgIpc) is 3.24. The molecule has 0 saturated heterocycles. The van der Waals surface area contributed by atoms with E-state index in [1.807, 2.05) is 66.7 Å². The van der Waals surface area contributed by atoms with Gasteiger partial charge in [-0.3, -0.25) is 0 Å². The van der Waals surface area contributed by atoms with Crippen molar-refractivity contribution in [2.75, 3.05) is 19.8 Å². The Bertz CT molecular complexity index is 1180. The first-order valence-electron chi connectivity index (χ1n) is 12.3. The van der Waals surface area contributed by atoms with Crippen LogP contribution in [0, 0.1) is 0 Å². The van der Waals surface area contributed by atoms with Gasteiger partial charge in [-0.2, -0.15) is 0 Å². The van der Waals surface area contributed by atoms with E-state index in [1.165, 1.54) is 0 Å². The predicted molar refractivity (Wildman–Crippen MR) is 138 cm³/mol. The quantitative estimate of drug-likeness (QED) is 0.306. The van der Waals surface area contributed by atoms with Gasteiger partial charge in [0.15, 0.2) is 0 Å². The molecule has 0 spiro atoms. The summed E-state index contributed by atoms with van der Waals surface area (Å²) >= 11 is 0. The molecule has 1 aliphatic rings. The summed E-state index contributed by atoms with van der Waals surface area (Å²) < 4.78 is 15.8. The number of esters is 1. The third-order valence-corrected chi connectivity index (χ3v) is 6.12. The minimum absolute atomic E-state index is 0.0970. The normalized spacial score (nSPS) is 12.6. The number of hydrogen-bond acceptors (Lipinski definition) is 6. The third-order valence-electron chi connectivity index (χ3n) is 6.12. The van der Waals surface area contributed by atoms with Crippen molar-refractivity contribution in [3.8, 4) is 11.1 Å². The maximum absolute atomic E-state index is 12.6. The van der Waals surface area contributed by atoms with Crippen molar-refractivity contribution in [2.24, 2.45) is 0 Å². The van der Waals surface area contributed by atoms with Gasteiger partial charge in [0.25, 0.3) is 0 Å². The first-order chi connectivity index (χ1) is 18.1. The first-order valence-corrected chi connectivity index (χ1v) is 12.3. The molecule has 0 fully saturated rings. The van der Waals surface area contributed by atoms with Crippen LogP contribution in [0.2, 0.25) is 0 Å². The standard InChI is InChI=1S/C29H30N2O6/c1-2-35-27(32)26(16-17-30-28(33)36-18-20-10-4-3-5-11-20)31-29(34)37-19-25-23-14-8-6-12-21(23)22-13-7-9-15-24(22)25/h3-15,25-26H,2,16-19H2,1H3,(H,30,33)(H,31,34)/t26-/m0/s1. The van der Waals surface area contributed by atoms with Gasteiger partial charge < -0.3 is 24.8 Å². The van der Waals surface area contributed by atoms with E-state index in [9.17, 15) is 14.4 Å². The largest absolute Gasteiger partial charge is 0.464 e. The summed E-state index contributed by atoms with van der Waals surface area (Å²) in [6, 6.07) is 24.4. The molecule has 3 aromatic rings. The smallest absolute Gasteiger partial charge is 0.407 e. The zero-order valence-corrected chi connectivity index (χ0v) is 20.6. The first kappa shape index (κ1) is 25.8.